The molecule has 1 fully saturated rings. The normalized spacial score (nSPS) is 15.5. The highest BCUT2D eigenvalue weighted by Crippen LogP contribution is 2.29. The molecule has 1 unspecified atom stereocenters. The van der Waals surface area contributed by atoms with Crippen LogP contribution in [0.2, 0.25) is 0 Å². The van der Waals surface area contributed by atoms with Crippen LogP contribution in [-0.4, -0.2) is 23.4 Å². The highest BCUT2D eigenvalue weighted by molar-refractivity contribution is 5.82. The van der Waals surface area contributed by atoms with Crippen molar-refractivity contribution < 1.29 is 4.79 Å². The van der Waals surface area contributed by atoms with Gasteiger partial charge in [0.1, 0.15) is 5.92 Å². The zero-order valence-electron chi connectivity index (χ0n) is 13.0. The van der Waals surface area contributed by atoms with Gasteiger partial charge < -0.3 is 4.90 Å². The SMILES string of the molecule is CC(C)CCN(C(=O)C(C#N)Cc1ccccc1)C1CC1. The second-order valence-corrected chi connectivity index (χ2v) is 6.32. The van der Waals surface area contributed by atoms with Crippen LogP contribution in [0.15, 0.2) is 30.3 Å². The number of amides is 1. The van der Waals surface area contributed by atoms with Crippen molar-refractivity contribution in [2.45, 2.75) is 45.6 Å². The quantitative estimate of drug-likeness (QED) is 0.770. The largest absolute Gasteiger partial charge is 0.339 e. The second kappa shape index (κ2) is 7.26. The number of benzene rings is 1. The van der Waals surface area contributed by atoms with Crippen LogP contribution < -0.4 is 0 Å². The van der Waals surface area contributed by atoms with Crippen LogP contribution in [0.3, 0.4) is 0 Å². The minimum Gasteiger partial charge on any atom is -0.339 e. The van der Waals surface area contributed by atoms with Crippen LogP contribution in [0, 0.1) is 23.2 Å². The molecular formula is C18H24N2O. The lowest BCUT2D eigenvalue weighted by molar-refractivity contribution is -0.134. The average Bonchev–Trinajstić information content (AvgIpc) is 3.30. The van der Waals surface area contributed by atoms with E-state index >= 15 is 0 Å². The Morgan fingerprint density at radius 1 is 1.33 bits per heavy atom. The smallest absolute Gasteiger partial charge is 0.240 e. The van der Waals surface area contributed by atoms with Crippen molar-refractivity contribution in [1.29, 1.82) is 5.26 Å². The highest BCUT2D eigenvalue weighted by atomic mass is 16.2. The van der Waals surface area contributed by atoms with Crippen molar-refractivity contribution in [3.8, 4) is 6.07 Å². The minimum absolute atomic E-state index is 0.0181. The number of nitrogens with zero attached hydrogens (tertiary/aromatic N) is 2. The summed E-state index contributed by atoms with van der Waals surface area (Å²) < 4.78 is 0. The molecule has 0 spiro atoms. The predicted octanol–water partition coefficient (Wildman–Crippen LogP) is 3.41. The summed E-state index contributed by atoms with van der Waals surface area (Å²) in [5, 5.41) is 9.39. The van der Waals surface area contributed by atoms with Gasteiger partial charge >= 0.3 is 0 Å². The Morgan fingerprint density at radius 3 is 2.52 bits per heavy atom. The summed E-state index contributed by atoms with van der Waals surface area (Å²) in [6.45, 7) is 5.12. The molecule has 0 N–H and O–H groups in total. The Kier molecular flexibility index (Phi) is 5.38. The van der Waals surface area contributed by atoms with E-state index in [-0.39, 0.29) is 5.91 Å². The van der Waals surface area contributed by atoms with Crippen molar-refractivity contribution in [1.82, 2.24) is 4.90 Å². The Balaban J connectivity index is 2.01. The van der Waals surface area contributed by atoms with Crippen molar-refractivity contribution >= 4 is 5.91 Å². The average molecular weight is 284 g/mol. The molecule has 1 saturated carbocycles. The van der Waals surface area contributed by atoms with E-state index in [0.717, 1.165) is 31.4 Å². The van der Waals surface area contributed by atoms with E-state index in [9.17, 15) is 10.1 Å². The fraction of sp³-hybridized carbons (Fsp3) is 0.556. The monoisotopic (exact) mass is 284 g/mol. The van der Waals surface area contributed by atoms with E-state index in [1.807, 2.05) is 35.2 Å². The number of rotatable bonds is 7. The van der Waals surface area contributed by atoms with E-state index in [2.05, 4.69) is 19.9 Å². The minimum atomic E-state index is -0.555. The van der Waals surface area contributed by atoms with Crippen molar-refractivity contribution in [3.63, 3.8) is 0 Å². The van der Waals surface area contributed by atoms with Gasteiger partial charge in [-0.3, -0.25) is 4.79 Å². The second-order valence-electron chi connectivity index (χ2n) is 6.32. The molecule has 112 valence electrons. The van der Waals surface area contributed by atoms with Gasteiger partial charge in [-0.15, -0.1) is 0 Å². The molecule has 0 bridgehead atoms. The zero-order valence-corrected chi connectivity index (χ0v) is 13.0. The fourth-order valence-electron chi connectivity index (χ4n) is 2.49. The van der Waals surface area contributed by atoms with E-state index in [1.165, 1.54) is 0 Å². The number of hydrogen-bond acceptors (Lipinski definition) is 2. The van der Waals surface area contributed by atoms with E-state index < -0.39 is 5.92 Å². The van der Waals surface area contributed by atoms with Crippen molar-refractivity contribution in [2.75, 3.05) is 6.54 Å². The van der Waals surface area contributed by atoms with Crippen LogP contribution in [0.1, 0.15) is 38.7 Å². The molecule has 1 atom stereocenters. The lowest BCUT2D eigenvalue weighted by Gasteiger charge is -2.25. The van der Waals surface area contributed by atoms with Crippen LogP contribution >= 0.6 is 0 Å². The van der Waals surface area contributed by atoms with Crippen molar-refractivity contribution in [3.05, 3.63) is 35.9 Å². The third kappa shape index (κ3) is 4.60. The molecule has 3 nitrogen and oxygen atoms in total. The van der Waals surface area contributed by atoms with Gasteiger partial charge in [0.15, 0.2) is 0 Å². The van der Waals surface area contributed by atoms with E-state index in [1.54, 1.807) is 0 Å². The predicted molar refractivity (Wildman–Crippen MR) is 83.4 cm³/mol. The third-order valence-electron chi connectivity index (χ3n) is 3.95. The Morgan fingerprint density at radius 2 is 2.00 bits per heavy atom. The summed E-state index contributed by atoms with van der Waals surface area (Å²) in [4.78, 5) is 14.6. The molecular weight excluding hydrogens is 260 g/mol. The molecule has 0 aliphatic heterocycles. The number of carbonyl (C=O) groups is 1. The van der Waals surface area contributed by atoms with E-state index in [4.69, 9.17) is 0 Å². The van der Waals surface area contributed by atoms with Gasteiger partial charge in [-0.1, -0.05) is 44.2 Å². The molecule has 1 aliphatic rings. The third-order valence-corrected chi connectivity index (χ3v) is 3.95. The maximum Gasteiger partial charge on any atom is 0.240 e. The lowest BCUT2D eigenvalue weighted by atomic mass is 9.98. The zero-order chi connectivity index (χ0) is 15.2. The first-order valence-electron chi connectivity index (χ1n) is 7.86. The van der Waals surface area contributed by atoms with Gasteiger partial charge in [-0.2, -0.15) is 5.26 Å². The van der Waals surface area contributed by atoms with Crippen LogP contribution in [-0.2, 0) is 11.2 Å². The summed E-state index contributed by atoms with van der Waals surface area (Å²) in [6, 6.07) is 12.4. The van der Waals surface area contributed by atoms with Gasteiger partial charge in [-0.05, 0) is 37.2 Å². The Hall–Kier alpha value is -1.82. The molecule has 1 aliphatic carbocycles. The molecule has 0 saturated heterocycles. The summed E-state index contributed by atoms with van der Waals surface area (Å²) >= 11 is 0. The molecule has 0 radical (unpaired) electrons. The standard InChI is InChI=1S/C18H24N2O/c1-14(2)10-11-20(17-8-9-17)18(21)16(13-19)12-15-6-4-3-5-7-15/h3-7,14,16-17H,8-12H2,1-2H3. The topological polar surface area (TPSA) is 44.1 Å². The fourth-order valence-corrected chi connectivity index (χ4v) is 2.49. The molecule has 1 amide bonds. The summed E-state index contributed by atoms with van der Waals surface area (Å²) in [6.07, 6.45) is 3.70. The maximum atomic E-state index is 12.7. The van der Waals surface area contributed by atoms with Gasteiger partial charge in [0.05, 0.1) is 6.07 Å². The van der Waals surface area contributed by atoms with Crippen LogP contribution in [0.5, 0.6) is 0 Å². The molecule has 0 aromatic heterocycles. The number of carbonyl (C=O) groups excluding carboxylic acids is 1. The van der Waals surface area contributed by atoms with Gasteiger partial charge in [0.25, 0.3) is 0 Å². The molecule has 21 heavy (non-hydrogen) atoms. The first-order valence-corrected chi connectivity index (χ1v) is 7.86. The van der Waals surface area contributed by atoms with Gasteiger partial charge in [0, 0.05) is 12.6 Å². The molecule has 2 rings (SSSR count). The Bertz CT molecular complexity index is 500. The summed E-state index contributed by atoms with van der Waals surface area (Å²) in [5.74, 6) is 0.0402. The van der Waals surface area contributed by atoms with Crippen LogP contribution in [0.25, 0.3) is 0 Å². The first kappa shape index (κ1) is 15.6. The van der Waals surface area contributed by atoms with Gasteiger partial charge in [-0.25, -0.2) is 0 Å². The number of nitriles is 1. The maximum absolute atomic E-state index is 12.7. The molecule has 3 heteroatoms. The molecule has 0 heterocycles. The lowest BCUT2D eigenvalue weighted by Crippen LogP contribution is -2.39. The van der Waals surface area contributed by atoms with Crippen LogP contribution in [0.4, 0.5) is 0 Å². The molecule has 1 aromatic rings. The van der Waals surface area contributed by atoms with E-state index in [0.29, 0.717) is 18.4 Å². The summed E-state index contributed by atoms with van der Waals surface area (Å²) in [5.41, 5.74) is 1.05. The Labute approximate surface area is 127 Å². The molecule has 1 aromatic carbocycles. The first-order chi connectivity index (χ1) is 10.1. The van der Waals surface area contributed by atoms with Crippen molar-refractivity contribution in [2.24, 2.45) is 11.8 Å². The highest BCUT2D eigenvalue weighted by Gasteiger charge is 2.35. The van der Waals surface area contributed by atoms with Gasteiger partial charge in [0.2, 0.25) is 5.91 Å². The summed E-state index contributed by atoms with van der Waals surface area (Å²) in [7, 11) is 0. The number of hydrogen-bond donors (Lipinski definition) is 0.